The van der Waals surface area contributed by atoms with E-state index in [1.54, 1.807) is 42.5 Å². The second kappa shape index (κ2) is 7.54. The Hall–Kier alpha value is -1.69. The molecule has 0 aromatic heterocycles. The summed E-state index contributed by atoms with van der Waals surface area (Å²) < 4.78 is 0. The van der Waals surface area contributed by atoms with E-state index in [-0.39, 0.29) is 17.2 Å². The number of hydrogen-bond donors (Lipinski definition) is 2. The number of primary amides is 1. The number of halogens is 2. The van der Waals surface area contributed by atoms with Crippen molar-refractivity contribution in [3.8, 4) is 0 Å². The molecule has 0 fully saturated rings. The lowest BCUT2D eigenvalue weighted by Gasteiger charge is -2.09. The summed E-state index contributed by atoms with van der Waals surface area (Å²) in [5.41, 5.74) is 5.92. The molecular formula is C15H12Cl2N2O2S. The number of anilines is 1. The van der Waals surface area contributed by atoms with Gasteiger partial charge in [0.25, 0.3) is 5.91 Å². The molecule has 2 aromatic carbocycles. The topological polar surface area (TPSA) is 72.2 Å². The van der Waals surface area contributed by atoms with Crippen LogP contribution >= 0.6 is 35.0 Å². The van der Waals surface area contributed by atoms with Gasteiger partial charge in [-0.05, 0) is 30.3 Å². The highest BCUT2D eigenvalue weighted by atomic mass is 35.5. The Morgan fingerprint density at radius 1 is 1.14 bits per heavy atom. The van der Waals surface area contributed by atoms with E-state index in [2.05, 4.69) is 5.32 Å². The zero-order valence-corrected chi connectivity index (χ0v) is 13.6. The Morgan fingerprint density at radius 3 is 2.59 bits per heavy atom. The van der Waals surface area contributed by atoms with E-state index >= 15 is 0 Å². The molecule has 0 saturated heterocycles. The van der Waals surface area contributed by atoms with Crippen LogP contribution in [-0.4, -0.2) is 17.6 Å². The summed E-state index contributed by atoms with van der Waals surface area (Å²) in [6.07, 6.45) is 0. The van der Waals surface area contributed by atoms with Gasteiger partial charge in [-0.25, -0.2) is 0 Å². The van der Waals surface area contributed by atoms with E-state index in [9.17, 15) is 9.59 Å². The summed E-state index contributed by atoms with van der Waals surface area (Å²) >= 11 is 13.2. The average Bonchev–Trinajstić information content (AvgIpc) is 2.48. The first-order valence-corrected chi connectivity index (χ1v) is 7.98. The minimum Gasteiger partial charge on any atom is -0.366 e. The van der Waals surface area contributed by atoms with E-state index in [0.29, 0.717) is 20.6 Å². The van der Waals surface area contributed by atoms with E-state index < -0.39 is 5.91 Å². The maximum Gasteiger partial charge on any atom is 0.250 e. The van der Waals surface area contributed by atoms with E-state index in [4.69, 9.17) is 28.9 Å². The second-order valence-electron chi connectivity index (χ2n) is 4.32. The maximum atomic E-state index is 12.0. The van der Waals surface area contributed by atoms with Crippen molar-refractivity contribution in [2.24, 2.45) is 5.73 Å². The summed E-state index contributed by atoms with van der Waals surface area (Å²) in [4.78, 5) is 24.0. The highest BCUT2D eigenvalue weighted by Crippen LogP contribution is 2.30. The van der Waals surface area contributed by atoms with Gasteiger partial charge >= 0.3 is 0 Å². The first-order valence-electron chi connectivity index (χ1n) is 6.24. The molecule has 2 aromatic rings. The fourth-order valence-electron chi connectivity index (χ4n) is 1.72. The van der Waals surface area contributed by atoms with Gasteiger partial charge in [0, 0.05) is 9.92 Å². The van der Waals surface area contributed by atoms with Crippen molar-refractivity contribution in [2.75, 3.05) is 11.1 Å². The number of rotatable bonds is 5. The van der Waals surface area contributed by atoms with Gasteiger partial charge in [-0.3, -0.25) is 9.59 Å². The van der Waals surface area contributed by atoms with Gasteiger partial charge in [-0.2, -0.15) is 0 Å². The average molecular weight is 355 g/mol. The largest absolute Gasteiger partial charge is 0.366 e. The van der Waals surface area contributed by atoms with Crippen molar-refractivity contribution in [1.29, 1.82) is 0 Å². The standard InChI is InChI=1S/C15H12Cl2N2O2S/c16-9-5-6-11(17)13(7-9)22-8-14(20)19-12-4-2-1-3-10(12)15(18)21/h1-7H,8H2,(H2,18,21)(H,19,20). The zero-order valence-electron chi connectivity index (χ0n) is 11.3. The summed E-state index contributed by atoms with van der Waals surface area (Å²) in [6, 6.07) is 11.6. The van der Waals surface area contributed by atoms with E-state index in [1.165, 1.54) is 11.8 Å². The number of benzene rings is 2. The predicted octanol–water partition coefficient (Wildman–Crippen LogP) is 3.82. The number of para-hydroxylation sites is 1. The minimum atomic E-state index is -0.596. The van der Waals surface area contributed by atoms with Crippen LogP contribution in [0.3, 0.4) is 0 Å². The molecule has 2 rings (SSSR count). The SMILES string of the molecule is NC(=O)c1ccccc1NC(=O)CSc1cc(Cl)ccc1Cl. The van der Waals surface area contributed by atoms with Gasteiger partial charge in [0.1, 0.15) is 0 Å². The molecule has 0 spiro atoms. The van der Waals surface area contributed by atoms with E-state index in [0.717, 1.165) is 0 Å². The quantitative estimate of drug-likeness (QED) is 0.801. The number of amides is 2. The Kier molecular flexibility index (Phi) is 5.71. The molecule has 0 unspecified atom stereocenters. The molecule has 7 heteroatoms. The third-order valence-electron chi connectivity index (χ3n) is 2.72. The number of nitrogens with one attached hydrogen (secondary N) is 1. The fourth-order valence-corrected chi connectivity index (χ4v) is 3.02. The summed E-state index contributed by atoms with van der Waals surface area (Å²) in [5, 5.41) is 3.73. The number of nitrogens with two attached hydrogens (primary N) is 1. The van der Waals surface area contributed by atoms with Crippen LogP contribution in [0.2, 0.25) is 10.0 Å². The molecule has 0 bridgehead atoms. The summed E-state index contributed by atoms with van der Waals surface area (Å²) in [7, 11) is 0. The predicted molar refractivity (Wildman–Crippen MR) is 90.8 cm³/mol. The molecule has 3 N–H and O–H groups in total. The third kappa shape index (κ3) is 4.40. The number of carbonyl (C=O) groups is 2. The van der Waals surface area contributed by atoms with Crippen molar-refractivity contribution in [3.05, 3.63) is 58.1 Å². The number of thioether (sulfide) groups is 1. The van der Waals surface area contributed by atoms with Crippen LogP contribution in [0.15, 0.2) is 47.4 Å². The van der Waals surface area contributed by atoms with Crippen LogP contribution in [0.1, 0.15) is 10.4 Å². The lowest BCUT2D eigenvalue weighted by Crippen LogP contribution is -2.19. The number of hydrogen-bond acceptors (Lipinski definition) is 3. The minimum absolute atomic E-state index is 0.132. The highest BCUT2D eigenvalue weighted by molar-refractivity contribution is 8.00. The van der Waals surface area contributed by atoms with Crippen molar-refractivity contribution in [3.63, 3.8) is 0 Å². The molecule has 0 saturated carbocycles. The van der Waals surface area contributed by atoms with Gasteiger partial charge in [-0.15, -0.1) is 11.8 Å². The van der Waals surface area contributed by atoms with Crippen LogP contribution < -0.4 is 11.1 Å². The van der Waals surface area contributed by atoms with Crippen molar-refractivity contribution in [1.82, 2.24) is 0 Å². The molecule has 0 radical (unpaired) electrons. The Morgan fingerprint density at radius 2 is 1.86 bits per heavy atom. The molecule has 22 heavy (non-hydrogen) atoms. The lowest BCUT2D eigenvalue weighted by molar-refractivity contribution is -0.113. The Balaban J connectivity index is 2.02. The molecular weight excluding hydrogens is 343 g/mol. The Bertz CT molecular complexity index is 722. The fraction of sp³-hybridized carbons (Fsp3) is 0.0667. The second-order valence-corrected chi connectivity index (χ2v) is 6.18. The lowest BCUT2D eigenvalue weighted by atomic mass is 10.1. The zero-order chi connectivity index (χ0) is 16.1. The molecule has 2 amide bonds. The van der Waals surface area contributed by atoms with Crippen molar-refractivity contribution < 1.29 is 9.59 Å². The highest BCUT2D eigenvalue weighted by Gasteiger charge is 2.11. The molecule has 0 aliphatic rings. The molecule has 0 heterocycles. The van der Waals surface area contributed by atoms with E-state index in [1.807, 2.05) is 0 Å². The Labute approximate surface area is 142 Å². The van der Waals surface area contributed by atoms with Gasteiger partial charge in [0.05, 0.1) is 22.0 Å². The van der Waals surface area contributed by atoms with Crippen molar-refractivity contribution >= 4 is 52.5 Å². The van der Waals surface area contributed by atoms with Gasteiger partial charge in [-0.1, -0.05) is 35.3 Å². The molecule has 0 aliphatic carbocycles. The molecule has 114 valence electrons. The van der Waals surface area contributed by atoms with Gasteiger partial charge in [0.2, 0.25) is 5.91 Å². The van der Waals surface area contributed by atoms with Gasteiger partial charge in [0.15, 0.2) is 0 Å². The maximum absolute atomic E-state index is 12.0. The van der Waals surface area contributed by atoms with Gasteiger partial charge < -0.3 is 11.1 Å². The van der Waals surface area contributed by atoms with Crippen LogP contribution in [-0.2, 0) is 4.79 Å². The monoisotopic (exact) mass is 354 g/mol. The third-order valence-corrected chi connectivity index (χ3v) is 4.45. The van der Waals surface area contributed by atoms with Crippen LogP contribution in [0.25, 0.3) is 0 Å². The summed E-state index contributed by atoms with van der Waals surface area (Å²) in [5.74, 6) is -0.733. The van der Waals surface area contributed by atoms with Crippen molar-refractivity contribution in [2.45, 2.75) is 4.90 Å². The normalized spacial score (nSPS) is 10.3. The summed E-state index contributed by atoms with van der Waals surface area (Å²) in [6.45, 7) is 0. The molecule has 4 nitrogen and oxygen atoms in total. The number of carbonyl (C=O) groups excluding carboxylic acids is 2. The molecule has 0 atom stereocenters. The van der Waals surface area contributed by atoms with Crippen LogP contribution in [0.5, 0.6) is 0 Å². The van der Waals surface area contributed by atoms with Crippen LogP contribution in [0.4, 0.5) is 5.69 Å². The smallest absolute Gasteiger partial charge is 0.250 e. The first kappa shape index (κ1) is 16.7. The first-order chi connectivity index (χ1) is 10.5. The van der Waals surface area contributed by atoms with Crippen LogP contribution in [0, 0.1) is 0 Å². The molecule has 0 aliphatic heterocycles.